The Bertz CT molecular complexity index is 1030. The topological polar surface area (TPSA) is 82.4 Å². The molecule has 0 unspecified atom stereocenters. The monoisotopic (exact) mass is 407 g/mol. The number of rotatable bonds is 6. The number of halogens is 1. The Labute approximate surface area is 163 Å². The summed E-state index contributed by atoms with van der Waals surface area (Å²) in [7, 11) is -3.05. The molecule has 1 fully saturated rings. The fourth-order valence-electron chi connectivity index (χ4n) is 3.67. The summed E-state index contributed by atoms with van der Waals surface area (Å²) < 4.78 is 44.0. The highest BCUT2D eigenvalue weighted by Crippen LogP contribution is 2.29. The lowest BCUT2D eigenvalue weighted by Crippen LogP contribution is -2.18. The SMILES string of the molecule is Cc1cc(C(=O)COC(=O)Cc2ccccc2F)c(C)n1[C@H]1CCS(=O)(=O)C1. The van der Waals surface area contributed by atoms with Gasteiger partial charge in [0.25, 0.3) is 0 Å². The second-order valence-corrected chi connectivity index (χ2v) is 9.29. The maximum Gasteiger partial charge on any atom is 0.310 e. The van der Waals surface area contributed by atoms with Crippen molar-refractivity contribution in [2.24, 2.45) is 0 Å². The molecule has 150 valence electrons. The zero-order valence-corrected chi connectivity index (χ0v) is 16.6. The fourth-order valence-corrected chi connectivity index (χ4v) is 5.37. The number of ether oxygens (including phenoxy) is 1. The van der Waals surface area contributed by atoms with Gasteiger partial charge in [0.2, 0.25) is 5.78 Å². The van der Waals surface area contributed by atoms with Crippen LogP contribution in [0.4, 0.5) is 4.39 Å². The number of Topliss-reactive ketones (excluding diaryl/α,β-unsaturated/α-hetero) is 1. The molecule has 1 atom stereocenters. The molecule has 0 N–H and O–H groups in total. The summed E-state index contributed by atoms with van der Waals surface area (Å²) in [5.41, 5.74) is 2.07. The third kappa shape index (κ3) is 4.32. The van der Waals surface area contributed by atoms with Gasteiger partial charge in [0.05, 0.1) is 17.9 Å². The lowest BCUT2D eigenvalue weighted by Gasteiger charge is -2.16. The molecule has 1 aliphatic rings. The van der Waals surface area contributed by atoms with E-state index in [4.69, 9.17) is 4.74 Å². The molecule has 2 heterocycles. The molecule has 2 aromatic rings. The average molecular weight is 407 g/mol. The quantitative estimate of drug-likeness (QED) is 0.543. The van der Waals surface area contributed by atoms with Gasteiger partial charge in [-0.1, -0.05) is 18.2 Å². The second-order valence-electron chi connectivity index (χ2n) is 7.06. The second kappa shape index (κ2) is 7.87. The Morgan fingerprint density at radius 1 is 1.25 bits per heavy atom. The normalized spacial score (nSPS) is 18.2. The third-order valence-electron chi connectivity index (χ3n) is 5.02. The molecule has 1 saturated heterocycles. The molecular formula is C20H22FNO5S. The lowest BCUT2D eigenvalue weighted by molar-refractivity contribution is -0.141. The summed E-state index contributed by atoms with van der Waals surface area (Å²) in [6.45, 7) is 3.13. The number of ketones is 1. The van der Waals surface area contributed by atoms with E-state index in [1.165, 1.54) is 18.2 Å². The maximum atomic E-state index is 13.6. The first-order valence-electron chi connectivity index (χ1n) is 8.99. The highest BCUT2D eigenvalue weighted by Gasteiger charge is 2.31. The van der Waals surface area contributed by atoms with E-state index in [1.807, 2.05) is 11.5 Å². The number of nitrogens with zero attached hydrogens (tertiary/aromatic N) is 1. The molecule has 1 aromatic carbocycles. The molecule has 6 nitrogen and oxygen atoms in total. The van der Waals surface area contributed by atoms with Crippen molar-refractivity contribution < 1.29 is 27.1 Å². The summed E-state index contributed by atoms with van der Waals surface area (Å²) in [4.78, 5) is 24.4. The molecule has 8 heteroatoms. The van der Waals surface area contributed by atoms with Crippen LogP contribution in [-0.4, -0.2) is 42.9 Å². The van der Waals surface area contributed by atoms with Crippen LogP contribution in [0.1, 0.15) is 39.8 Å². The van der Waals surface area contributed by atoms with Crippen LogP contribution in [0, 0.1) is 19.7 Å². The Morgan fingerprint density at radius 3 is 2.61 bits per heavy atom. The molecule has 1 aliphatic heterocycles. The predicted octanol–water partition coefficient (Wildman–Crippen LogP) is 2.57. The van der Waals surface area contributed by atoms with E-state index in [9.17, 15) is 22.4 Å². The standard InChI is InChI=1S/C20H22FNO5S/c1-13-9-17(14(2)22(13)16-7-8-28(25,26)12-16)19(23)11-27-20(24)10-15-5-3-4-6-18(15)21/h3-6,9,16H,7-8,10-12H2,1-2H3/t16-/m0/s1. The van der Waals surface area contributed by atoms with E-state index in [2.05, 4.69) is 0 Å². The van der Waals surface area contributed by atoms with Gasteiger partial charge in [-0.25, -0.2) is 12.8 Å². The van der Waals surface area contributed by atoms with Crippen molar-refractivity contribution in [1.29, 1.82) is 0 Å². The van der Waals surface area contributed by atoms with Gasteiger partial charge in [0.15, 0.2) is 16.4 Å². The van der Waals surface area contributed by atoms with Gasteiger partial charge in [-0.3, -0.25) is 9.59 Å². The summed E-state index contributed by atoms with van der Waals surface area (Å²) >= 11 is 0. The minimum absolute atomic E-state index is 0.0641. The van der Waals surface area contributed by atoms with Gasteiger partial charge < -0.3 is 9.30 Å². The predicted molar refractivity (Wildman–Crippen MR) is 102 cm³/mol. The number of hydrogen-bond donors (Lipinski definition) is 0. The molecule has 0 bridgehead atoms. The number of carbonyl (C=O) groups excluding carboxylic acids is 2. The van der Waals surface area contributed by atoms with Crippen molar-refractivity contribution in [2.75, 3.05) is 18.1 Å². The third-order valence-corrected chi connectivity index (χ3v) is 6.77. The maximum absolute atomic E-state index is 13.6. The minimum atomic E-state index is -3.05. The van der Waals surface area contributed by atoms with Gasteiger partial charge in [-0.05, 0) is 38.0 Å². The Balaban J connectivity index is 1.66. The number of aryl methyl sites for hydroxylation is 1. The van der Waals surface area contributed by atoms with Crippen LogP contribution in [0.15, 0.2) is 30.3 Å². The molecule has 0 radical (unpaired) electrons. The number of esters is 1. The molecule has 0 aliphatic carbocycles. The van der Waals surface area contributed by atoms with E-state index in [0.717, 1.165) is 5.69 Å². The number of benzene rings is 1. The molecule has 28 heavy (non-hydrogen) atoms. The Morgan fingerprint density at radius 2 is 1.96 bits per heavy atom. The Hall–Kier alpha value is -2.48. The van der Waals surface area contributed by atoms with Crippen molar-refractivity contribution in [3.8, 4) is 0 Å². The average Bonchev–Trinajstić information content (AvgIpc) is 3.13. The molecule has 0 spiro atoms. The first kappa shape index (κ1) is 20.3. The summed E-state index contributed by atoms with van der Waals surface area (Å²) in [5.74, 6) is -1.35. The van der Waals surface area contributed by atoms with Crippen LogP contribution in [0.3, 0.4) is 0 Å². The van der Waals surface area contributed by atoms with Crippen molar-refractivity contribution in [3.05, 3.63) is 58.7 Å². The highest BCUT2D eigenvalue weighted by molar-refractivity contribution is 7.91. The molecule has 1 aromatic heterocycles. The number of hydrogen-bond acceptors (Lipinski definition) is 5. The van der Waals surface area contributed by atoms with Crippen molar-refractivity contribution in [1.82, 2.24) is 4.57 Å². The molecule has 3 rings (SSSR count). The summed E-state index contributed by atoms with van der Waals surface area (Å²) in [6, 6.07) is 7.39. The van der Waals surface area contributed by atoms with Gasteiger partial charge in [-0.2, -0.15) is 0 Å². The van der Waals surface area contributed by atoms with Crippen LogP contribution < -0.4 is 0 Å². The summed E-state index contributed by atoms with van der Waals surface area (Å²) in [6.07, 6.45) is 0.267. The van der Waals surface area contributed by atoms with Gasteiger partial charge in [-0.15, -0.1) is 0 Å². The lowest BCUT2D eigenvalue weighted by atomic mass is 10.1. The fraction of sp³-hybridized carbons (Fsp3) is 0.400. The summed E-state index contributed by atoms with van der Waals surface area (Å²) in [5, 5.41) is 0. The smallest absolute Gasteiger partial charge is 0.310 e. The first-order chi connectivity index (χ1) is 13.2. The van der Waals surface area contributed by atoms with Crippen molar-refractivity contribution in [2.45, 2.75) is 32.7 Å². The molecular weight excluding hydrogens is 385 g/mol. The van der Waals surface area contributed by atoms with Gasteiger partial charge >= 0.3 is 5.97 Å². The van der Waals surface area contributed by atoms with Crippen LogP contribution in [0.25, 0.3) is 0 Å². The van der Waals surface area contributed by atoms with Crippen molar-refractivity contribution >= 4 is 21.6 Å². The minimum Gasteiger partial charge on any atom is -0.457 e. The highest BCUT2D eigenvalue weighted by atomic mass is 32.2. The Kier molecular flexibility index (Phi) is 5.69. The number of carbonyl (C=O) groups is 2. The van der Waals surface area contributed by atoms with E-state index < -0.39 is 28.2 Å². The van der Waals surface area contributed by atoms with E-state index in [-0.39, 0.29) is 35.3 Å². The first-order valence-corrected chi connectivity index (χ1v) is 10.8. The van der Waals surface area contributed by atoms with Crippen LogP contribution >= 0.6 is 0 Å². The van der Waals surface area contributed by atoms with E-state index in [0.29, 0.717) is 17.7 Å². The number of sulfone groups is 1. The number of aromatic nitrogens is 1. The van der Waals surface area contributed by atoms with Gasteiger partial charge in [0.1, 0.15) is 5.82 Å². The van der Waals surface area contributed by atoms with E-state index in [1.54, 1.807) is 19.1 Å². The van der Waals surface area contributed by atoms with Crippen LogP contribution in [-0.2, 0) is 25.8 Å². The molecule has 0 amide bonds. The largest absolute Gasteiger partial charge is 0.457 e. The zero-order valence-electron chi connectivity index (χ0n) is 15.8. The van der Waals surface area contributed by atoms with Crippen LogP contribution in [0.5, 0.6) is 0 Å². The van der Waals surface area contributed by atoms with Gasteiger partial charge in [0, 0.05) is 23.0 Å². The van der Waals surface area contributed by atoms with Crippen molar-refractivity contribution in [3.63, 3.8) is 0 Å². The van der Waals surface area contributed by atoms with E-state index >= 15 is 0 Å². The molecule has 0 saturated carbocycles. The van der Waals surface area contributed by atoms with Crippen LogP contribution in [0.2, 0.25) is 0 Å². The zero-order chi connectivity index (χ0) is 20.5.